The van der Waals surface area contributed by atoms with E-state index in [0.29, 0.717) is 6.10 Å². The standard InChI is InChI=1S/C12H20N2OS/c1-10-9-14(12(16)13-10)7-8-15-11-5-3-2-4-6-11/h9,11H,2-8H2,1H3,(H,13,16). The molecule has 1 aromatic rings. The number of hydrogen-bond acceptors (Lipinski definition) is 2. The molecule has 1 aromatic heterocycles. The van der Waals surface area contributed by atoms with E-state index in [-0.39, 0.29) is 0 Å². The minimum atomic E-state index is 0.489. The van der Waals surface area contributed by atoms with Crippen molar-refractivity contribution in [1.82, 2.24) is 9.55 Å². The van der Waals surface area contributed by atoms with E-state index in [1.807, 2.05) is 17.7 Å². The zero-order chi connectivity index (χ0) is 11.4. The van der Waals surface area contributed by atoms with Crippen LogP contribution >= 0.6 is 12.2 Å². The molecule has 0 aliphatic heterocycles. The molecule has 0 unspecified atom stereocenters. The van der Waals surface area contributed by atoms with Gasteiger partial charge in [0.2, 0.25) is 0 Å². The second kappa shape index (κ2) is 5.64. The number of aryl methyl sites for hydroxylation is 1. The Kier molecular flexibility index (Phi) is 4.18. The van der Waals surface area contributed by atoms with E-state index in [0.717, 1.165) is 23.6 Å². The second-order valence-corrected chi connectivity index (χ2v) is 4.95. The van der Waals surface area contributed by atoms with Crippen molar-refractivity contribution in [2.75, 3.05) is 6.61 Å². The topological polar surface area (TPSA) is 29.9 Å². The summed E-state index contributed by atoms with van der Waals surface area (Å²) in [6.45, 7) is 3.66. The predicted octanol–water partition coefficient (Wildman–Crippen LogP) is 3.20. The molecule has 1 N–H and O–H groups in total. The Morgan fingerprint density at radius 2 is 2.19 bits per heavy atom. The average Bonchev–Trinajstić information content (AvgIpc) is 2.59. The fraction of sp³-hybridized carbons (Fsp3) is 0.750. The third-order valence-corrected chi connectivity index (χ3v) is 3.49. The van der Waals surface area contributed by atoms with Crippen LogP contribution in [0.2, 0.25) is 0 Å². The number of aromatic nitrogens is 2. The van der Waals surface area contributed by atoms with Crippen molar-refractivity contribution in [3.8, 4) is 0 Å². The van der Waals surface area contributed by atoms with Gasteiger partial charge in [-0.2, -0.15) is 0 Å². The van der Waals surface area contributed by atoms with Crippen LogP contribution in [0.3, 0.4) is 0 Å². The minimum Gasteiger partial charge on any atom is -0.376 e. The number of nitrogens with zero attached hydrogens (tertiary/aromatic N) is 1. The Hall–Kier alpha value is -0.610. The third kappa shape index (κ3) is 3.19. The number of nitrogens with one attached hydrogen (secondary N) is 1. The van der Waals surface area contributed by atoms with E-state index < -0.39 is 0 Å². The second-order valence-electron chi connectivity index (χ2n) is 4.57. The molecule has 0 aromatic carbocycles. The molecular weight excluding hydrogens is 220 g/mol. The van der Waals surface area contributed by atoms with E-state index in [1.54, 1.807) is 0 Å². The summed E-state index contributed by atoms with van der Waals surface area (Å²) < 4.78 is 8.72. The fourth-order valence-electron chi connectivity index (χ4n) is 2.28. The fourth-order valence-corrected chi connectivity index (χ4v) is 2.59. The van der Waals surface area contributed by atoms with Gasteiger partial charge in [0.25, 0.3) is 0 Å². The van der Waals surface area contributed by atoms with Crippen LogP contribution in [0, 0.1) is 11.7 Å². The first-order valence-corrected chi connectivity index (χ1v) is 6.54. The van der Waals surface area contributed by atoms with Crippen molar-refractivity contribution < 1.29 is 4.74 Å². The number of rotatable bonds is 4. The number of aromatic amines is 1. The molecule has 0 spiro atoms. The maximum absolute atomic E-state index is 5.87. The largest absolute Gasteiger partial charge is 0.376 e. The Balaban J connectivity index is 1.75. The van der Waals surface area contributed by atoms with Crippen LogP contribution in [0.1, 0.15) is 37.8 Å². The molecule has 0 amide bonds. The number of ether oxygens (including phenoxy) is 1. The highest BCUT2D eigenvalue weighted by molar-refractivity contribution is 7.71. The first-order chi connectivity index (χ1) is 7.75. The van der Waals surface area contributed by atoms with E-state index in [1.165, 1.54) is 32.1 Å². The molecule has 1 aliphatic rings. The molecule has 1 heterocycles. The van der Waals surface area contributed by atoms with Crippen molar-refractivity contribution in [3.05, 3.63) is 16.7 Å². The molecule has 0 atom stereocenters. The number of imidazole rings is 1. The summed E-state index contributed by atoms with van der Waals surface area (Å²) in [5.41, 5.74) is 1.11. The molecule has 1 saturated carbocycles. The maximum atomic E-state index is 5.87. The van der Waals surface area contributed by atoms with E-state index >= 15 is 0 Å². The lowest BCUT2D eigenvalue weighted by atomic mass is 9.98. The first kappa shape index (κ1) is 11.9. The highest BCUT2D eigenvalue weighted by Crippen LogP contribution is 2.20. The highest BCUT2D eigenvalue weighted by Gasteiger charge is 2.13. The highest BCUT2D eigenvalue weighted by atomic mass is 32.1. The van der Waals surface area contributed by atoms with Gasteiger partial charge in [-0.05, 0) is 32.0 Å². The molecule has 3 nitrogen and oxygen atoms in total. The van der Waals surface area contributed by atoms with Crippen LogP contribution in [0.5, 0.6) is 0 Å². The van der Waals surface area contributed by atoms with Crippen molar-refractivity contribution in [2.45, 2.75) is 51.7 Å². The van der Waals surface area contributed by atoms with Gasteiger partial charge in [0.05, 0.1) is 12.7 Å². The van der Waals surface area contributed by atoms with Crippen LogP contribution in [0.4, 0.5) is 0 Å². The molecule has 1 aliphatic carbocycles. The van der Waals surface area contributed by atoms with Gasteiger partial charge >= 0.3 is 0 Å². The number of H-pyrrole nitrogens is 1. The van der Waals surface area contributed by atoms with Crippen molar-refractivity contribution >= 4 is 12.2 Å². The molecule has 1 fully saturated rings. The van der Waals surface area contributed by atoms with Gasteiger partial charge in [-0.25, -0.2) is 0 Å². The van der Waals surface area contributed by atoms with Gasteiger partial charge in [0.1, 0.15) is 0 Å². The maximum Gasteiger partial charge on any atom is 0.177 e. The first-order valence-electron chi connectivity index (χ1n) is 6.13. The predicted molar refractivity (Wildman–Crippen MR) is 67.2 cm³/mol. The van der Waals surface area contributed by atoms with Crippen molar-refractivity contribution in [2.24, 2.45) is 0 Å². The molecular formula is C12H20N2OS. The smallest absolute Gasteiger partial charge is 0.177 e. The van der Waals surface area contributed by atoms with Crippen LogP contribution in [-0.2, 0) is 11.3 Å². The molecule has 90 valence electrons. The van der Waals surface area contributed by atoms with Gasteiger partial charge in [-0.1, -0.05) is 19.3 Å². The number of hydrogen-bond donors (Lipinski definition) is 1. The Labute approximate surface area is 102 Å². The molecule has 0 bridgehead atoms. The van der Waals surface area contributed by atoms with Crippen LogP contribution in [-0.4, -0.2) is 22.3 Å². The zero-order valence-electron chi connectivity index (χ0n) is 9.87. The Morgan fingerprint density at radius 3 is 2.81 bits per heavy atom. The van der Waals surface area contributed by atoms with Crippen molar-refractivity contribution in [1.29, 1.82) is 0 Å². The SMILES string of the molecule is Cc1cn(CCOC2CCCCC2)c(=S)[nH]1. The van der Waals surface area contributed by atoms with Gasteiger partial charge in [0, 0.05) is 18.4 Å². The van der Waals surface area contributed by atoms with Crippen LogP contribution < -0.4 is 0 Å². The molecule has 16 heavy (non-hydrogen) atoms. The lowest BCUT2D eigenvalue weighted by molar-refractivity contribution is 0.0239. The quantitative estimate of drug-likeness (QED) is 0.819. The summed E-state index contributed by atoms with van der Waals surface area (Å²) in [6.07, 6.45) is 9.03. The summed E-state index contributed by atoms with van der Waals surface area (Å²) >= 11 is 5.19. The van der Waals surface area contributed by atoms with Gasteiger partial charge in [-0.15, -0.1) is 0 Å². The monoisotopic (exact) mass is 240 g/mol. The van der Waals surface area contributed by atoms with Crippen LogP contribution in [0.25, 0.3) is 0 Å². The van der Waals surface area contributed by atoms with Gasteiger partial charge in [0.15, 0.2) is 4.77 Å². The summed E-state index contributed by atoms with van der Waals surface area (Å²) in [6, 6.07) is 0. The lowest BCUT2D eigenvalue weighted by Crippen LogP contribution is -2.19. The van der Waals surface area contributed by atoms with E-state index in [2.05, 4.69) is 4.98 Å². The third-order valence-electron chi connectivity index (χ3n) is 3.15. The van der Waals surface area contributed by atoms with Crippen molar-refractivity contribution in [3.63, 3.8) is 0 Å². The molecule has 2 rings (SSSR count). The summed E-state index contributed by atoms with van der Waals surface area (Å²) in [4.78, 5) is 3.12. The van der Waals surface area contributed by atoms with E-state index in [4.69, 9.17) is 17.0 Å². The average molecular weight is 240 g/mol. The summed E-state index contributed by atoms with van der Waals surface area (Å²) in [5, 5.41) is 0. The van der Waals surface area contributed by atoms with Crippen LogP contribution in [0.15, 0.2) is 6.20 Å². The van der Waals surface area contributed by atoms with E-state index in [9.17, 15) is 0 Å². The molecule has 0 radical (unpaired) electrons. The normalized spacial score (nSPS) is 17.8. The lowest BCUT2D eigenvalue weighted by Gasteiger charge is -2.21. The summed E-state index contributed by atoms with van der Waals surface area (Å²) in [7, 11) is 0. The Morgan fingerprint density at radius 1 is 1.44 bits per heavy atom. The van der Waals surface area contributed by atoms with Gasteiger partial charge in [-0.3, -0.25) is 0 Å². The zero-order valence-corrected chi connectivity index (χ0v) is 10.7. The molecule has 4 heteroatoms. The molecule has 0 saturated heterocycles. The Bertz CT molecular complexity index is 377. The van der Waals surface area contributed by atoms with Gasteiger partial charge < -0.3 is 14.3 Å². The summed E-state index contributed by atoms with van der Waals surface area (Å²) in [5.74, 6) is 0. The minimum absolute atomic E-state index is 0.489.